The Labute approximate surface area is 237 Å². The first-order valence-electron chi connectivity index (χ1n) is 12.9. The van der Waals surface area contributed by atoms with E-state index in [9.17, 15) is 8.78 Å². The molecule has 4 heterocycles. The Hall–Kier alpha value is -2.95. The number of piperidine rings is 1. The van der Waals surface area contributed by atoms with Gasteiger partial charge in [-0.1, -0.05) is 33.6 Å². The van der Waals surface area contributed by atoms with Crippen LogP contribution in [0, 0.1) is 11.6 Å². The molecule has 0 N–H and O–H groups in total. The van der Waals surface area contributed by atoms with Gasteiger partial charge < -0.3 is 23.7 Å². The average molecular weight is 620 g/mol. The number of nitrogens with zero attached hydrogens (tertiary/aromatic N) is 4. The third kappa shape index (κ3) is 5.83. The Morgan fingerprint density at radius 1 is 1.03 bits per heavy atom. The minimum Gasteiger partial charge on any atom is -0.484 e. The van der Waals surface area contributed by atoms with Gasteiger partial charge in [-0.15, -0.1) is 0 Å². The third-order valence-electron chi connectivity index (χ3n) is 6.99. The predicted octanol–water partition coefficient (Wildman–Crippen LogP) is 6.54. The molecule has 2 aromatic heterocycles. The van der Waals surface area contributed by atoms with E-state index < -0.39 is 5.82 Å². The molecule has 0 bridgehead atoms. The summed E-state index contributed by atoms with van der Waals surface area (Å²) in [6.07, 6.45) is 2.58. The van der Waals surface area contributed by atoms with Gasteiger partial charge in [0.1, 0.15) is 18.2 Å². The van der Waals surface area contributed by atoms with Crippen molar-refractivity contribution in [2.24, 2.45) is 0 Å². The van der Waals surface area contributed by atoms with Gasteiger partial charge in [-0.05, 0) is 42.8 Å². The summed E-state index contributed by atoms with van der Waals surface area (Å²) in [5, 5.41) is 0.310. The second-order valence-corrected chi connectivity index (χ2v) is 11.0. The maximum absolute atomic E-state index is 14.7. The Morgan fingerprint density at radius 2 is 1.85 bits per heavy atom. The summed E-state index contributed by atoms with van der Waals surface area (Å²) in [5.41, 5.74) is 1.75. The quantitative estimate of drug-likeness (QED) is 0.223. The van der Waals surface area contributed by atoms with Gasteiger partial charge in [-0.25, -0.2) is 18.7 Å². The van der Waals surface area contributed by atoms with Crippen LogP contribution in [0.1, 0.15) is 25.0 Å². The molecule has 6 rings (SSSR count). The first kappa shape index (κ1) is 26.3. The summed E-state index contributed by atoms with van der Waals surface area (Å²) >= 11 is 9.22. The second-order valence-electron chi connectivity index (χ2n) is 9.69. The lowest BCUT2D eigenvalue weighted by molar-refractivity contribution is -0.0585. The number of hydrogen-bond donors (Lipinski definition) is 0. The average Bonchev–Trinajstić information content (AvgIpc) is 3.25. The van der Waals surface area contributed by atoms with Crippen LogP contribution in [0.2, 0.25) is 5.02 Å². The van der Waals surface area contributed by atoms with Gasteiger partial charge in [0.2, 0.25) is 11.8 Å². The van der Waals surface area contributed by atoms with Crippen molar-refractivity contribution in [2.75, 3.05) is 24.6 Å². The normalized spacial score (nSPS) is 17.8. The van der Waals surface area contributed by atoms with Crippen molar-refractivity contribution < 1.29 is 23.0 Å². The lowest BCUT2D eigenvalue weighted by Crippen LogP contribution is -2.40. The molecule has 2 aliphatic heterocycles. The minimum atomic E-state index is -0.522. The van der Waals surface area contributed by atoms with Crippen molar-refractivity contribution in [3.63, 3.8) is 0 Å². The molecule has 7 nitrogen and oxygen atoms in total. The molecule has 0 saturated carbocycles. The van der Waals surface area contributed by atoms with Crippen molar-refractivity contribution in [2.45, 2.75) is 44.6 Å². The zero-order chi connectivity index (χ0) is 26.9. The highest BCUT2D eigenvalue weighted by molar-refractivity contribution is 9.10. The molecule has 0 amide bonds. The fourth-order valence-electron chi connectivity index (χ4n) is 4.88. The van der Waals surface area contributed by atoms with Gasteiger partial charge in [0.25, 0.3) is 0 Å². The lowest BCUT2D eigenvalue weighted by Gasteiger charge is -2.34. The van der Waals surface area contributed by atoms with Crippen LogP contribution in [-0.4, -0.2) is 46.4 Å². The molecule has 0 radical (unpaired) electrons. The van der Waals surface area contributed by atoms with Gasteiger partial charge in [-0.2, -0.15) is 0 Å². The van der Waals surface area contributed by atoms with E-state index in [-0.39, 0.29) is 30.4 Å². The van der Waals surface area contributed by atoms with Gasteiger partial charge in [0, 0.05) is 48.1 Å². The molecule has 2 fully saturated rings. The van der Waals surface area contributed by atoms with E-state index in [0.29, 0.717) is 46.2 Å². The smallest absolute Gasteiger partial charge is 0.213 e. The summed E-state index contributed by atoms with van der Waals surface area (Å²) in [6, 6.07) is 13.1. The van der Waals surface area contributed by atoms with Crippen molar-refractivity contribution >= 4 is 44.5 Å². The second kappa shape index (κ2) is 11.3. The van der Waals surface area contributed by atoms with E-state index in [0.717, 1.165) is 37.3 Å². The topological polar surface area (TPSA) is 61.6 Å². The molecule has 1 atom stereocenters. The molecule has 39 heavy (non-hydrogen) atoms. The Morgan fingerprint density at radius 3 is 2.59 bits per heavy atom. The van der Waals surface area contributed by atoms with E-state index in [1.165, 1.54) is 18.2 Å². The largest absolute Gasteiger partial charge is 0.484 e. The van der Waals surface area contributed by atoms with Crippen molar-refractivity contribution in [1.29, 1.82) is 0 Å². The Balaban J connectivity index is 1.11. The predicted molar refractivity (Wildman–Crippen MR) is 148 cm³/mol. The van der Waals surface area contributed by atoms with Crippen LogP contribution in [-0.2, 0) is 17.9 Å². The van der Waals surface area contributed by atoms with Crippen LogP contribution in [0.4, 0.5) is 14.7 Å². The number of hydrogen-bond acceptors (Lipinski definition) is 6. The van der Waals surface area contributed by atoms with Gasteiger partial charge >= 0.3 is 0 Å². The van der Waals surface area contributed by atoms with Crippen molar-refractivity contribution in [1.82, 2.24) is 14.5 Å². The van der Waals surface area contributed by atoms with Gasteiger partial charge in [-0.3, -0.25) is 0 Å². The molecule has 2 saturated heterocycles. The Kier molecular flexibility index (Phi) is 7.59. The Bertz CT molecular complexity index is 1490. The van der Waals surface area contributed by atoms with Gasteiger partial charge in [0.15, 0.2) is 17.4 Å². The summed E-state index contributed by atoms with van der Waals surface area (Å²) in [6.45, 7) is 2.91. The number of anilines is 1. The molecule has 11 heteroatoms. The van der Waals surface area contributed by atoms with Crippen LogP contribution < -0.4 is 14.4 Å². The zero-order valence-corrected chi connectivity index (χ0v) is 23.3. The molecule has 4 aromatic rings. The van der Waals surface area contributed by atoms with Crippen LogP contribution in [0.5, 0.6) is 11.6 Å². The summed E-state index contributed by atoms with van der Waals surface area (Å²) in [4.78, 5) is 11.4. The van der Waals surface area contributed by atoms with E-state index >= 15 is 0 Å². The third-order valence-corrected chi connectivity index (χ3v) is 7.69. The minimum absolute atomic E-state index is 0.0303. The molecule has 2 aromatic carbocycles. The molecule has 1 unspecified atom stereocenters. The number of fused-ring (bicyclic) bond motifs is 1. The highest BCUT2D eigenvalue weighted by Crippen LogP contribution is 2.32. The van der Waals surface area contributed by atoms with Crippen LogP contribution >= 0.6 is 27.5 Å². The number of ether oxygens (including phenoxy) is 3. The molecule has 0 spiro atoms. The number of pyridine rings is 1. The number of imidazole rings is 1. The van der Waals surface area contributed by atoms with E-state index in [1.54, 1.807) is 18.2 Å². The highest BCUT2D eigenvalue weighted by Gasteiger charge is 2.28. The van der Waals surface area contributed by atoms with E-state index in [4.69, 9.17) is 30.8 Å². The molecular weight excluding hydrogens is 594 g/mol. The molecule has 2 aliphatic rings. The molecular formula is C28H26BrClF2N4O3. The SMILES string of the molecule is Fc1cc(Cl)ccc1OCc1cccc(OC2CCN(c3nc4c(F)cc(Br)cc4n3CC3CCO3)CC2)n1. The summed E-state index contributed by atoms with van der Waals surface area (Å²) < 4.78 is 48.9. The van der Waals surface area contributed by atoms with Crippen LogP contribution in [0.3, 0.4) is 0 Å². The monoisotopic (exact) mass is 618 g/mol. The highest BCUT2D eigenvalue weighted by atomic mass is 79.9. The first-order valence-corrected chi connectivity index (χ1v) is 14.0. The van der Waals surface area contributed by atoms with Crippen LogP contribution in [0.25, 0.3) is 11.0 Å². The molecule has 204 valence electrons. The van der Waals surface area contributed by atoms with Crippen molar-refractivity contribution in [3.8, 4) is 11.6 Å². The summed E-state index contributed by atoms with van der Waals surface area (Å²) in [5.74, 6) is 0.490. The standard InChI is InChI=1S/C28H26BrClF2N4O3/c29-17-12-23(32)27-24(13-17)36(15-21-8-11-37-21)28(34-27)35-9-6-20(7-10-35)39-26-3-1-2-19(33-26)16-38-25-5-4-18(30)14-22(25)31/h1-5,12-14,20-21H,6-11,15-16H2. The molecule has 0 aliphatic carbocycles. The number of aromatic nitrogens is 3. The van der Waals surface area contributed by atoms with Crippen LogP contribution in [0.15, 0.2) is 53.0 Å². The fourth-order valence-corrected chi connectivity index (χ4v) is 5.46. The fraction of sp³-hybridized carbons (Fsp3) is 0.357. The number of rotatable bonds is 8. The summed E-state index contributed by atoms with van der Waals surface area (Å²) in [7, 11) is 0. The first-order chi connectivity index (χ1) is 18.9. The maximum atomic E-state index is 14.7. The van der Waals surface area contributed by atoms with E-state index in [2.05, 4.69) is 30.4 Å². The zero-order valence-electron chi connectivity index (χ0n) is 21.0. The number of benzene rings is 2. The van der Waals surface area contributed by atoms with Gasteiger partial charge in [0.05, 0.1) is 23.9 Å². The van der Waals surface area contributed by atoms with E-state index in [1.807, 2.05) is 12.1 Å². The number of halogens is 4. The lowest BCUT2D eigenvalue weighted by atomic mass is 10.1. The maximum Gasteiger partial charge on any atom is 0.213 e. The van der Waals surface area contributed by atoms with Crippen molar-refractivity contribution in [3.05, 3.63) is 75.4 Å².